The number of aliphatic hydroxyl groups excluding tert-OH is 1. The normalized spacial score (nSPS) is 10.1. The molecule has 4 heteroatoms. The van der Waals surface area contributed by atoms with Gasteiger partial charge >= 0.3 is 0 Å². The van der Waals surface area contributed by atoms with E-state index in [2.05, 4.69) is 5.32 Å². The smallest absolute Gasteiger partial charge is 0.246 e. The minimum atomic E-state index is -0.128. The van der Waals surface area contributed by atoms with Crippen LogP contribution < -0.4 is 5.32 Å². The van der Waals surface area contributed by atoms with Crippen molar-refractivity contribution in [3.63, 3.8) is 0 Å². The van der Waals surface area contributed by atoms with Gasteiger partial charge in [0.2, 0.25) is 5.91 Å². The third-order valence-electron chi connectivity index (χ3n) is 2.10. The number of benzene rings is 1. The highest BCUT2D eigenvalue weighted by atomic mass is 16.5. The molecule has 0 radical (unpaired) electrons. The molecule has 0 spiro atoms. The van der Waals surface area contributed by atoms with Crippen LogP contribution in [-0.2, 0) is 22.7 Å². The van der Waals surface area contributed by atoms with Crippen molar-refractivity contribution in [2.45, 2.75) is 20.1 Å². The Morgan fingerprint density at radius 1 is 1.44 bits per heavy atom. The molecule has 0 aliphatic carbocycles. The molecule has 0 aliphatic heterocycles. The monoisotopic (exact) mass is 223 g/mol. The van der Waals surface area contributed by atoms with Crippen LogP contribution in [0, 0.1) is 0 Å². The summed E-state index contributed by atoms with van der Waals surface area (Å²) in [5.41, 5.74) is 1.81. The van der Waals surface area contributed by atoms with Crippen molar-refractivity contribution in [2.75, 3.05) is 13.2 Å². The van der Waals surface area contributed by atoms with Crippen LogP contribution in [0.15, 0.2) is 24.3 Å². The van der Waals surface area contributed by atoms with Crippen molar-refractivity contribution in [3.05, 3.63) is 35.4 Å². The summed E-state index contributed by atoms with van der Waals surface area (Å²) in [4.78, 5) is 11.2. The number of aliphatic hydroxyl groups is 1. The number of hydrogen-bond donors (Lipinski definition) is 2. The summed E-state index contributed by atoms with van der Waals surface area (Å²) in [6, 6.07) is 7.46. The molecule has 1 rings (SSSR count). The topological polar surface area (TPSA) is 58.6 Å². The molecule has 16 heavy (non-hydrogen) atoms. The fourth-order valence-electron chi connectivity index (χ4n) is 1.28. The second-order valence-corrected chi connectivity index (χ2v) is 3.39. The van der Waals surface area contributed by atoms with E-state index in [-0.39, 0.29) is 19.1 Å². The summed E-state index contributed by atoms with van der Waals surface area (Å²) in [5, 5.41) is 11.7. The SMILES string of the molecule is CCOCC(=O)NCc1cccc(CO)c1. The summed E-state index contributed by atoms with van der Waals surface area (Å²) < 4.78 is 4.98. The molecular weight excluding hydrogens is 206 g/mol. The van der Waals surface area contributed by atoms with Gasteiger partial charge in [-0.1, -0.05) is 24.3 Å². The van der Waals surface area contributed by atoms with Crippen LogP contribution >= 0.6 is 0 Å². The average Bonchev–Trinajstić information content (AvgIpc) is 2.34. The van der Waals surface area contributed by atoms with Gasteiger partial charge in [-0.3, -0.25) is 4.79 Å². The number of hydrogen-bond acceptors (Lipinski definition) is 3. The predicted octanol–water partition coefficient (Wildman–Crippen LogP) is 0.832. The van der Waals surface area contributed by atoms with Gasteiger partial charge in [-0.2, -0.15) is 0 Å². The molecule has 0 bridgehead atoms. The number of rotatable bonds is 6. The largest absolute Gasteiger partial charge is 0.392 e. The maximum atomic E-state index is 11.2. The van der Waals surface area contributed by atoms with Crippen molar-refractivity contribution in [1.29, 1.82) is 0 Å². The van der Waals surface area contributed by atoms with Gasteiger partial charge < -0.3 is 15.2 Å². The number of ether oxygens (including phenoxy) is 1. The lowest BCUT2D eigenvalue weighted by molar-refractivity contribution is -0.125. The highest BCUT2D eigenvalue weighted by molar-refractivity contribution is 5.77. The third-order valence-corrected chi connectivity index (χ3v) is 2.10. The minimum absolute atomic E-state index is 0.0146. The van der Waals surface area contributed by atoms with Crippen LogP contribution in [0.3, 0.4) is 0 Å². The first-order valence-corrected chi connectivity index (χ1v) is 5.29. The molecule has 88 valence electrons. The lowest BCUT2D eigenvalue weighted by atomic mass is 10.1. The van der Waals surface area contributed by atoms with Crippen LogP contribution in [0.4, 0.5) is 0 Å². The molecule has 0 fully saturated rings. The maximum Gasteiger partial charge on any atom is 0.246 e. The summed E-state index contributed by atoms with van der Waals surface area (Å²) >= 11 is 0. The van der Waals surface area contributed by atoms with Crippen LogP contribution in [0.1, 0.15) is 18.1 Å². The van der Waals surface area contributed by atoms with Crippen molar-refractivity contribution < 1.29 is 14.6 Å². The molecule has 0 atom stereocenters. The highest BCUT2D eigenvalue weighted by Gasteiger charge is 2.01. The van der Waals surface area contributed by atoms with Gasteiger partial charge in [0.05, 0.1) is 6.61 Å². The van der Waals surface area contributed by atoms with Gasteiger partial charge in [-0.05, 0) is 18.1 Å². The molecular formula is C12H17NO3. The first kappa shape index (κ1) is 12.7. The second-order valence-electron chi connectivity index (χ2n) is 3.39. The van der Waals surface area contributed by atoms with Gasteiger partial charge in [-0.15, -0.1) is 0 Å². The van der Waals surface area contributed by atoms with Gasteiger partial charge in [0.1, 0.15) is 6.61 Å². The molecule has 0 heterocycles. The van der Waals surface area contributed by atoms with E-state index in [4.69, 9.17) is 9.84 Å². The van der Waals surface area contributed by atoms with Crippen LogP contribution in [0.25, 0.3) is 0 Å². The zero-order valence-corrected chi connectivity index (χ0v) is 9.40. The van der Waals surface area contributed by atoms with Gasteiger partial charge in [0.25, 0.3) is 0 Å². The Bertz CT molecular complexity index is 339. The standard InChI is InChI=1S/C12H17NO3/c1-2-16-9-12(15)13-7-10-4-3-5-11(6-10)8-14/h3-6,14H,2,7-9H2,1H3,(H,13,15). The van der Waals surface area contributed by atoms with E-state index >= 15 is 0 Å². The fourth-order valence-corrected chi connectivity index (χ4v) is 1.28. The molecule has 0 aromatic heterocycles. The van der Waals surface area contributed by atoms with Crippen molar-refractivity contribution >= 4 is 5.91 Å². The Balaban J connectivity index is 2.38. The lowest BCUT2D eigenvalue weighted by Crippen LogP contribution is -2.27. The first-order chi connectivity index (χ1) is 7.76. The minimum Gasteiger partial charge on any atom is -0.392 e. The van der Waals surface area contributed by atoms with Crippen molar-refractivity contribution in [3.8, 4) is 0 Å². The Hall–Kier alpha value is -1.39. The zero-order valence-electron chi connectivity index (χ0n) is 9.40. The van der Waals surface area contributed by atoms with E-state index in [1.807, 2.05) is 31.2 Å². The van der Waals surface area contributed by atoms with Crippen molar-refractivity contribution in [1.82, 2.24) is 5.32 Å². The molecule has 0 saturated carbocycles. The van der Waals surface area contributed by atoms with E-state index in [1.165, 1.54) is 0 Å². The Morgan fingerprint density at radius 3 is 2.88 bits per heavy atom. The van der Waals surface area contributed by atoms with Crippen LogP contribution in [0.2, 0.25) is 0 Å². The molecule has 1 aromatic rings. The summed E-state index contributed by atoms with van der Waals surface area (Å²) in [6.45, 7) is 2.95. The Labute approximate surface area is 95.2 Å². The third kappa shape index (κ3) is 4.42. The fraction of sp³-hybridized carbons (Fsp3) is 0.417. The number of carbonyl (C=O) groups is 1. The molecule has 1 amide bonds. The van der Waals surface area contributed by atoms with Gasteiger partial charge in [0, 0.05) is 13.2 Å². The van der Waals surface area contributed by atoms with E-state index in [0.717, 1.165) is 11.1 Å². The number of carbonyl (C=O) groups excluding carboxylic acids is 1. The summed E-state index contributed by atoms with van der Waals surface area (Å²) in [6.07, 6.45) is 0. The van der Waals surface area contributed by atoms with Crippen LogP contribution in [0.5, 0.6) is 0 Å². The Morgan fingerprint density at radius 2 is 2.19 bits per heavy atom. The Kier molecular flexibility index (Phi) is 5.53. The predicted molar refractivity (Wildman–Crippen MR) is 60.7 cm³/mol. The molecule has 1 aromatic carbocycles. The van der Waals surface area contributed by atoms with E-state index < -0.39 is 0 Å². The summed E-state index contributed by atoms with van der Waals surface area (Å²) in [5.74, 6) is -0.128. The number of amides is 1. The molecule has 0 unspecified atom stereocenters. The highest BCUT2D eigenvalue weighted by Crippen LogP contribution is 2.04. The van der Waals surface area contributed by atoms with Gasteiger partial charge in [0.15, 0.2) is 0 Å². The summed E-state index contributed by atoms with van der Waals surface area (Å²) in [7, 11) is 0. The van der Waals surface area contributed by atoms with Gasteiger partial charge in [-0.25, -0.2) is 0 Å². The second kappa shape index (κ2) is 6.98. The van der Waals surface area contributed by atoms with Crippen LogP contribution in [-0.4, -0.2) is 24.2 Å². The maximum absolute atomic E-state index is 11.2. The molecule has 2 N–H and O–H groups in total. The zero-order chi connectivity index (χ0) is 11.8. The lowest BCUT2D eigenvalue weighted by Gasteiger charge is -2.06. The van der Waals surface area contributed by atoms with Crippen molar-refractivity contribution in [2.24, 2.45) is 0 Å². The van der Waals surface area contributed by atoms with E-state index in [0.29, 0.717) is 13.2 Å². The first-order valence-electron chi connectivity index (χ1n) is 5.29. The average molecular weight is 223 g/mol. The molecule has 0 aliphatic rings. The van der Waals surface area contributed by atoms with E-state index in [1.54, 1.807) is 0 Å². The number of nitrogens with one attached hydrogen (secondary N) is 1. The quantitative estimate of drug-likeness (QED) is 0.751. The molecule has 4 nitrogen and oxygen atoms in total. The molecule has 0 saturated heterocycles. The van der Waals surface area contributed by atoms with E-state index in [9.17, 15) is 4.79 Å².